The van der Waals surface area contributed by atoms with E-state index in [1.807, 2.05) is 12.1 Å². The number of hydrogen-bond donors (Lipinski definition) is 0. The highest BCUT2D eigenvalue weighted by atomic mass is 32.2. The van der Waals surface area contributed by atoms with E-state index in [0.29, 0.717) is 29.0 Å². The molecule has 4 aromatic rings. The van der Waals surface area contributed by atoms with Gasteiger partial charge in [0, 0.05) is 23.3 Å². The summed E-state index contributed by atoms with van der Waals surface area (Å²) in [6.45, 7) is 2.11. The van der Waals surface area contributed by atoms with E-state index < -0.39 is 40.1 Å². The van der Waals surface area contributed by atoms with Crippen LogP contribution in [0, 0.1) is 23.3 Å². The molecular weight excluding hydrogens is 612 g/mol. The van der Waals surface area contributed by atoms with Crippen molar-refractivity contribution in [2.24, 2.45) is 5.10 Å². The molecule has 4 aromatic carbocycles. The Morgan fingerprint density at radius 1 is 0.889 bits per heavy atom. The summed E-state index contributed by atoms with van der Waals surface area (Å²) in [7, 11) is 1.40. The van der Waals surface area contributed by atoms with Gasteiger partial charge in [-0.25, -0.2) is 22.6 Å². The van der Waals surface area contributed by atoms with Crippen LogP contribution in [0.5, 0.6) is 11.5 Å². The second kappa shape index (κ2) is 13.9. The van der Waals surface area contributed by atoms with Gasteiger partial charge >= 0.3 is 5.97 Å². The van der Waals surface area contributed by atoms with E-state index >= 15 is 0 Å². The highest BCUT2D eigenvalue weighted by Gasteiger charge is 2.39. The SMILES string of the molecule is CCOC(=O)Cc1cccc(COc2cccc(C3SC(c4ccc(F)cc4)=NN3C(=O)c3c(F)cc(F)cc3F)c2OC)c1. The molecule has 232 valence electrons. The van der Waals surface area contributed by atoms with E-state index in [-0.39, 0.29) is 36.4 Å². The number of benzene rings is 4. The van der Waals surface area contributed by atoms with Gasteiger partial charge in [-0.3, -0.25) is 9.59 Å². The van der Waals surface area contributed by atoms with Crippen LogP contribution in [0.15, 0.2) is 84.0 Å². The van der Waals surface area contributed by atoms with Crippen LogP contribution in [0.25, 0.3) is 0 Å². The summed E-state index contributed by atoms with van der Waals surface area (Å²) in [6, 6.07) is 18.4. The Labute approximate surface area is 260 Å². The zero-order valence-electron chi connectivity index (χ0n) is 24.1. The Morgan fingerprint density at radius 3 is 2.27 bits per heavy atom. The summed E-state index contributed by atoms with van der Waals surface area (Å²) in [5, 5.41) is 4.49. The molecule has 1 amide bonds. The fraction of sp³-hybridized carbons (Fsp3) is 0.182. The molecule has 0 aromatic heterocycles. The Bertz CT molecular complexity index is 1740. The van der Waals surface area contributed by atoms with Crippen LogP contribution in [0.2, 0.25) is 0 Å². The molecule has 0 fully saturated rings. The van der Waals surface area contributed by atoms with Crippen LogP contribution in [0.1, 0.15) is 44.9 Å². The topological polar surface area (TPSA) is 77.4 Å². The van der Waals surface area contributed by atoms with Gasteiger partial charge in [-0.05, 0) is 48.4 Å². The molecule has 5 rings (SSSR count). The van der Waals surface area contributed by atoms with Crippen LogP contribution in [-0.2, 0) is 22.6 Å². The minimum atomic E-state index is -1.39. The molecule has 0 spiro atoms. The first kappa shape index (κ1) is 31.6. The zero-order valence-corrected chi connectivity index (χ0v) is 24.9. The number of nitrogens with zero attached hydrogens (tertiary/aromatic N) is 2. The fourth-order valence-electron chi connectivity index (χ4n) is 4.68. The molecule has 0 N–H and O–H groups in total. The normalized spacial score (nSPS) is 14.2. The number of carbonyl (C=O) groups is 2. The van der Waals surface area contributed by atoms with Crippen molar-refractivity contribution >= 4 is 28.7 Å². The quantitative estimate of drug-likeness (QED) is 0.135. The first-order valence-electron chi connectivity index (χ1n) is 13.7. The average molecular weight is 639 g/mol. The lowest BCUT2D eigenvalue weighted by Crippen LogP contribution is -2.28. The molecule has 0 saturated heterocycles. The number of para-hydroxylation sites is 1. The smallest absolute Gasteiger partial charge is 0.310 e. The Hall–Kier alpha value is -4.84. The van der Waals surface area contributed by atoms with Crippen molar-refractivity contribution in [3.05, 3.63) is 130 Å². The van der Waals surface area contributed by atoms with Gasteiger partial charge in [-0.15, -0.1) is 0 Å². The van der Waals surface area contributed by atoms with Crippen molar-refractivity contribution in [2.45, 2.75) is 25.3 Å². The van der Waals surface area contributed by atoms with Crippen LogP contribution < -0.4 is 9.47 Å². The fourth-order valence-corrected chi connectivity index (χ4v) is 5.86. The summed E-state index contributed by atoms with van der Waals surface area (Å²) in [6.07, 6.45) is 0.106. The second-order valence-electron chi connectivity index (χ2n) is 9.75. The number of hydrogen-bond acceptors (Lipinski definition) is 7. The lowest BCUT2D eigenvalue weighted by Gasteiger charge is -2.24. The second-order valence-corrected chi connectivity index (χ2v) is 10.8. The van der Waals surface area contributed by atoms with Gasteiger partial charge in [0.25, 0.3) is 5.91 Å². The molecule has 12 heteroatoms. The number of methoxy groups -OCH3 is 1. The van der Waals surface area contributed by atoms with Crippen molar-refractivity contribution < 1.29 is 41.4 Å². The molecule has 45 heavy (non-hydrogen) atoms. The predicted octanol–water partition coefficient (Wildman–Crippen LogP) is 7.19. The van der Waals surface area contributed by atoms with Crippen LogP contribution in [0.3, 0.4) is 0 Å². The van der Waals surface area contributed by atoms with E-state index in [1.54, 1.807) is 37.3 Å². The molecule has 1 unspecified atom stereocenters. The maximum absolute atomic E-state index is 14.7. The molecular formula is C33H26F4N2O5S. The molecule has 0 saturated carbocycles. The first-order valence-corrected chi connectivity index (χ1v) is 14.6. The van der Waals surface area contributed by atoms with Crippen molar-refractivity contribution in [3.63, 3.8) is 0 Å². The third kappa shape index (κ3) is 7.12. The minimum Gasteiger partial charge on any atom is -0.492 e. The maximum Gasteiger partial charge on any atom is 0.310 e. The summed E-state index contributed by atoms with van der Waals surface area (Å²) in [4.78, 5) is 25.5. The first-order chi connectivity index (χ1) is 21.7. The molecule has 1 atom stereocenters. The van der Waals surface area contributed by atoms with Gasteiger partial charge in [-0.2, -0.15) is 5.10 Å². The van der Waals surface area contributed by atoms with Gasteiger partial charge in [0.05, 0.1) is 20.1 Å². The molecule has 1 aliphatic heterocycles. The lowest BCUT2D eigenvalue weighted by atomic mass is 10.1. The summed E-state index contributed by atoms with van der Waals surface area (Å²) >= 11 is 1.07. The van der Waals surface area contributed by atoms with Crippen LogP contribution in [-0.4, -0.2) is 35.6 Å². The summed E-state index contributed by atoms with van der Waals surface area (Å²) in [5.41, 5.74) is 1.36. The van der Waals surface area contributed by atoms with E-state index in [9.17, 15) is 27.2 Å². The molecule has 0 aliphatic carbocycles. The summed E-state index contributed by atoms with van der Waals surface area (Å²) in [5.74, 6) is -5.42. The zero-order chi connectivity index (χ0) is 32.1. The van der Waals surface area contributed by atoms with E-state index in [2.05, 4.69) is 5.10 Å². The van der Waals surface area contributed by atoms with Crippen molar-refractivity contribution in [3.8, 4) is 11.5 Å². The number of carbonyl (C=O) groups excluding carboxylic acids is 2. The van der Waals surface area contributed by atoms with Gasteiger partial charge in [0.2, 0.25) is 0 Å². The monoisotopic (exact) mass is 638 g/mol. The van der Waals surface area contributed by atoms with Gasteiger partial charge in [-0.1, -0.05) is 48.2 Å². The van der Waals surface area contributed by atoms with E-state index in [0.717, 1.165) is 27.9 Å². The molecule has 7 nitrogen and oxygen atoms in total. The van der Waals surface area contributed by atoms with Crippen molar-refractivity contribution in [1.82, 2.24) is 5.01 Å². The number of thioether (sulfide) groups is 1. The number of rotatable bonds is 10. The van der Waals surface area contributed by atoms with Gasteiger partial charge < -0.3 is 14.2 Å². The van der Waals surface area contributed by atoms with Crippen molar-refractivity contribution in [1.29, 1.82) is 0 Å². The highest BCUT2D eigenvalue weighted by molar-refractivity contribution is 8.14. The number of esters is 1. The van der Waals surface area contributed by atoms with E-state index in [4.69, 9.17) is 14.2 Å². The third-order valence-electron chi connectivity index (χ3n) is 6.68. The van der Waals surface area contributed by atoms with Crippen LogP contribution >= 0.6 is 11.8 Å². The third-order valence-corrected chi connectivity index (χ3v) is 7.90. The lowest BCUT2D eigenvalue weighted by molar-refractivity contribution is -0.142. The van der Waals surface area contributed by atoms with Crippen LogP contribution in [0.4, 0.5) is 17.6 Å². The number of amides is 1. The van der Waals surface area contributed by atoms with Gasteiger partial charge in [0.1, 0.15) is 45.9 Å². The van der Waals surface area contributed by atoms with E-state index in [1.165, 1.54) is 31.4 Å². The number of hydrazone groups is 1. The highest BCUT2D eigenvalue weighted by Crippen LogP contribution is 2.48. The van der Waals surface area contributed by atoms with Crippen molar-refractivity contribution in [2.75, 3.05) is 13.7 Å². The predicted molar refractivity (Wildman–Crippen MR) is 160 cm³/mol. The number of ether oxygens (including phenoxy) is 3. The Balaban J connectivity index is 1.47. The maximum atomic E-state index is 14.7. The summed E-state index contributed by atoms with van der Waals surface area (Å²) < 4.78 is 73.5. The standard InChI is InChI=1S/C33H26F4N2O5S/c1-3-43-28(40)15-19-6-4-7-20(14-19)18-44-27-9-5-8-24(30(27)42-2)33-39(32(41)29-25(36)16-23(35)17-26(29)37)38-31(45-33)21-10-12-22(34)13-11-21/h4-14,16-17,33H,3,15,18H2,1-2H3. The molecule has 1 aliphatic rings. The molecule has 0 bridgehead atoms. The Morgan fingerprint density at radius 2 is 1.58 bits per heavy atom. The molecule has 0 radical (unpaired) electrons. The number of halogens is 4. The van der Waals surface area contributed by atoms with Gasteiger partial charge in [0.15, 0.2) is 11.5 Å². The minimum absolute atomic E-state index is 0.0975. The average Bonchev–Trinajstić information content (AvgIpc) is 3.45. The molecule has 1 heterocycles. The largest absolute Gasteiger partial charge is 0.492 e. The Kier molecular flexibility index (Phi) is 9.72.